The van der Waals surface area contributed by atoms with Gasteiger partial charge in [-0.15, -0.1) is 0 Å². The predicted octanol–water partition coefficient (Wildman–Crippen LogP) is 1.30. The minimum atomic E-state index is -0.0561. The molecule has 5 heteroatoms. The second-order valence-corrected chi connectivity index (χ2v) is 4.58. The summed E-state index contributed by atoms with van der Waals surface area (Å²) in [5, 5.41) is 3.60. The summed E-state index contributed by atoms with van der Waals surface area (Å²) >= 11 is 0. The molecule has 2 N–H and O–H groups in total. The number of para-hydroxylation sites is 1. The van der Waals surface area contributed by atoms with Crippen molar-refractivity contribution in [1.29, 1.82) is 0 Å². The molecule has 20 heavy (non-hydrogen) atoms. The van der Waals surface area contributed by atoms with Gasteiger partial charge in [-0.05, 0) is 25.0 Å². The van der Waals surface area contributed by atoms with Crippen LogP contribution in [0.25, 0.3) is 10.9 Å². The van der Waals surface area contributed by atoms with Gasteiger partial charge in [-0.3, -0.25) is 9.59 Å². The Bertz CT molecular complexity index is 592. The average molecular weight is 273 g/mol. The Morgan fingerprint density at radius 2 is 2.20 bits per heavy atom. The number of rotatable bonds is 7. The molecular formula is C15H19N3O2. The maximum Gasteiger partial charge on any atom is 0.241 e. The monoisotopic (exact) mass is 273 g/mol. The molecule has 0 unspecified atom stereocenters. The maximum absolute atomic E-state index is 11.9. The van der Waals surface area contributed by atoms with Crippen molar-refractivity contribution < 1.29 is 9.59 Å². The first kappa shape index (κ1) is 14.1. The highest BCUT2D eigenvalue weighted by molar-refractivity contribution is 5.83. The van der Waals surface area contributed by atoms with Crippen molar-refractivity contribution in [3.63, 3.8) is 0 Å². The number of aromatic amines is 1. The Morgan fingerprint density at radius 1 is 1.40 bits per heavy atom. The number of aromatic nitrogens is 1. The second-order valence-electron chi connectivity index (χ2n) is 4.58. The van der Waals surface area contributed by atoms with Crippen LogP contribution in [0.15, 0.2) is 30.5 Å². The molecular weight excluding hydrogens is 254 g/mol. The van der Waals surface area contributed by atoms with Gasteiger partial charge >= 0.3 is 0 Å². The Kier molecular flexibility index (Phi) is 4.76. The molecule has 0 aliphatic carbocycles. The fraction of sp³-hybridized carbons (Fsp3) is 0.333. The van der Waals surface area contributed by atoms with Gasteiger partial charge in [0.15, 0.2) is 0 Å². The number of hydrogen-bond acceptors (Lipinski definition) is 2. The number of benzene rings is 1. The van der Waals surface area contributed by atoms with Crippen molar-refractivity contribution in [3.05, 3.63) is 36.0 Å². The smallest absolute Gasteiger partial charge is 0.241 e. The topological polar surface area (TPSA) is 65.2 Å². The molecule has 2 amide bonds. The molecule has 0 fully saturated rings. The van der Waals surface area contributed by atoms with Crippen molar-refractivity contribution >= 4 is 23.2 Å². The van der Waals surface area contributed by atoms with Gasteiger partial charge < -0.3 is 15.2 Å². The first-order valence-electron chi connectivity index (χ1n) is 6.76. The van der Waals surface area contributed by atoms with Crippen LogP contribution in [-0.2, 0) is 16.0 Å². The fourth-order valence-electron chi connectivity index (χ4n) is 2.29. The van der Waals surface area contributed by atoms with Crippen LogP contribution >= 0.6 is 0 Å². The number of H-pyrrole nitrogens is 1. The highest BCUT2D eigenvalue weighted by atomic mass is 16.2. The Hall–Kier alpha value is -2.30. The van der Waals surface area contributed by atoms with E-state index in [4.69, 9.17) is 0 Å². The third-order valence-corrected chi connectivity index (χ3v) is 3.40. The highest BCUT2D eigenvalue weighted by Gasteiger charge is 2.12. The van der Waals surface area contributed by atoms with E-state index in [1.165, 1.54) is 10.9 Å². The minimum absolute atomic E-state index is 0.0561. The Balaban J connectivity index is 1.99. The van der Waals surface area contributed by atoms with Crippen molar-refractivity contribution in [3.8, 4) is 0 Å². The zero-order valence-electron chi connectivity index (χ0n) is 11.6. The van der Waals surface area contributed by atoms with E-state index in [1.807, 2.05) is 31.3 Å². The van der Waals surface area contributed by atoms with E-state index in [-0.39, 0.29) is 12.5 Å². The predicted molar refractivity (Wildman–Crippen MR) is 78.3 cm³/mol. The summed E-state index contributed by atoms with van der Waals surface area (Å²) in [4.78, 5) is 27.1. The van der Waals surface area contributed by atoms with Crippen LogP contribution in [0.5, 0.6) is 0 Å². The third-order valence-electron chi connectivity index (χ3n) is 3.40. The zero-order valence-corrected chi connectivity index (χ0v) is 11.6. The Labute approximate surface area is 118 Å². The molecule has 106 valence electrons. The lowest BCUT2D eigenvalue weighted by atomic mass is 10.1. The molecule has 0 atom stereocenters. The van der Waals surface area contributed by atoms with E-state index in [2.05, 4.69) is 16.4 Å². The molecule has 0 saturated carbocycles. The summed E-state index contributed by atoms with van der Waals surface area (Å²) in [5.41, 5.74) is 2.31. The average Bonchev–Trinajstić information content (AvgIpc) is 2.89. The number of fused-ring (bicyclic) bond motifs is 1. The number of nitrogens with zero attached hydrogens (tertiary/aromatic N) is 1. The van der Waals surface area contributed by atoms with Gasteiger partial charge in [0.25, 0.3) is 0 Å². The van der Waals surface area contributed by atoms with Gasteiger partial charge in [0.1, 0.15) is 0 Å². The van der Waals surface area contributed by atoms with Crippen LogP contribution in [0.3, 0.4) is 0 Å². The number of carbonyl (C=O) groups is 2. The first-order valence-corrected chi connectivity index (χ1v) is 6.76. The molecule has 0 aliphatic rings. The number of hydrogen-bond donors (Lipinski definition) is 2. The summed E-state index contributed by atoms with van der Waals surface area (Å²) in [7, 11) is 0. The molecule has 2 aromatic rings. The summed E-state index contributed by atoms with van der Waals surface area (Å²) in [6.45, 7) is 3.29. The van der Waals surface area contributed by atoms with Crippen molar-refractivity contribution in [1.82, 2.24) is 15.2 Å². The van der Waals surface area contributed by atoms with Gasteiger partial charge in [-0.2, -0.15) is 0 Å². The van der Waals surface area contributed by atoms with E-state index in [0.717, 1.165) is 11.9 Å². The number of nitrogens with one attached hydrogen (secondary N) is 2. The van der Waals surface area contributed by atoms with Crippen molar-refractivity contribution in [2.24, 2.45) is 0 Å². The van der Waals surface area contributed by atoms with Crippen molar-refractivity contribution in [2.75, 3.05) is 19.6 Å². The lowest BCUT2D eigenvalue weighted by Crippen LogP contribution is -2.38. The largest absolute Gasteiger partial charge is 0.361 e. The summed E-state index contributed by atoms with van der Waals surface area (Å²) in [5.74, 6) is -0.0561. The van der Waals surface area contributed by atoms with Gasteiger partial charge in [0.05, 0.1) is 6.54 Å². The molecule has 0 saturated heterocycles. The van der Waals surface area contributed by atoms with E-state index >= 15 is 0 Å². The van der Waals surface area contributed by atoms with E-state index in [1.54, 1.807) is 4.90 Å². The number of amides is 2. The fourth-order valence-corrected chi connectivity index (χ4v) is 2.29. The number of likely N-dealkylation sites (N-methyl/N-ethyl adjacent to an activating group) is 1. The first-order chi connectivity index (χ1) is 9.76. The Morgan fingerprint density at radius 3 is 2.95 bits per heavy atom. The summed E-state index contributed by atoms with van der Waals surface area (Å²) in [6, 6.07) is 8.12. The molecule has 5 nitrogen and oxygen atoms in total. The van der Waals surface area contributed by atoms with E-state index < -0.39 is 0 Å². The molecule has 0 radical (unpaired) electrons. The van der Waals surface area contributed by atoms with Crippen LogP contribution in [0, 0.1) is 0 Å². The molecule has 0 spiro atoms. The molecule has 1 heterocycles. The van der Waals surface area contributed by atoms with Crippen LogP contribution in [-0.4, -0.2) is 41.8 Å². The molecule has 0 aliphatic heterocycles. The van der Waals surface area contributed by atoms with Crippen LogP contribution in [0.4, 0.5) is 0 Å². The van der Waals surface area contributed by atoms with Crippen molar-refractivity contribution in [2.45, 2.75) is 13.3 Å². The van der Waals surface area contributed by atoms with Crippen LogP contribution < -0.4 is 5.32 Å². The molecule has 1 aromatic carbocycles. The molecule has 1 aromatic heterocycles. The number of carbonyl (C=O) groups excluding carboxylic acids is 2. The van der Waals surface area contributed by atoms with Crippen LogP contribution in [0.2, 0.25) is 0 Å². The standard InChI is InChI=1S/C15H19N3O2/c1-2-18(15(20)10-16-11-19)8-7-12-9-17-14-6-4-3-5-13(12)14/h3-6,9,11,17H,2,7-8,10H2,1H3,(H,16,19). The van der Waals surface area contributed by atoms with Gasteiger partial charge in [0, 0.05) is 30.2 Å². The molecule has 0 bridgehead atoms. The lowest BCUT2D eigenvalue weighted by Gasteiger charge is -2.20. The normalized spacial score (nSPS) is 10.4. The van der Waals surface area contributed by atoms with Gasteiger partial charge in [0.2, 0.25) is 12.3 Å². The van der Waals surface area contributed by atoms with Gasteiger partial charge in [-0.25, -0.2) is 0 Å². The zero-order chi connectivity index (χ0) is 14.4. The third kappa shape index (κ3) is 3.17. The second kappa shape index (κ2) is 6.75. The van der Waals surface area contributed by atoms with Crippen LogP contribution in [0.1, 0.15) is 12.5 Å². The van der Waals surface area contributed by atoms with Gasteiger partial charge in [-0.1, -0.05) is 18.2 Å². The highest BCUT2D eigenvalue weighted by Crippen LogP contribution is 2.18. The summed E-state index contributed by atoms with van der Waals surface area (Å²) < 4.78 is 0. The van der Waals surface area contributed by atoms with E-state index in [0.29, 0.717) is 19.5 Å². The maximum atomic E-state index is 11.9. The summed E-state index contributed by atoms with van der Waals surface area (Å²) in [6.07, 6.45) is 3.34. The quantitative estimate of drug-likeness (QED) is 0.747. The minimum Gasteiger partial charge on any atom is -0.361 e. The SMILES string of the molecule is CCN(CCc1c[nH]c2ccccc12)C(=O)CNC=O. The van der Waals surface area contributed by atoms with E-state index in [9.17, 15) is 9.59 Å². The lowest BCUT2D eigenvalue weighted by molar-refractivity contribution is -0.131. The molecule has 2 rings (SSSR count).